The van der Waals surface area contributed by atoms with Gasteiger partial charge in [0.05, 0.1) is 12.8 Å². The third-order valence-corrected chi connectivity index (χ3v) is 6.19. The number of ether oxygens (including phenoxy) is 2. The first-order valence-electron chi connectivity index (χ1n) is 12.2. The van der Waals surface area contributed by atoms with E-state index in [0.717, 1.165) is 54.3 Å². The van der Waals surface area contributed by atoms with Gasteiger partial charge in [-0.15, -0.1) is 0 Å². The number of hydrogen-bond acceptors (Lipinski definition) is 6. The van der Waals surface area contributed by atoms with E-state index >= 15 is 0 Å². The van der Waals surface area contributed by atoms with Gasteiger partial charge in [0.1, 0.15) is 18.1 Å². The second-order valence-electron chi connectivity index (χ2n) is 8.82. The molecule has 1 saturated heterocycles. The van der Waals surface area contributed by atoms with Crippen LogP contribution in [0.2, 0.25) is 0 Å². The van der Waals surface area contributed by atoms with Gasteiger partial charge in [-0.25, -0.2) is 0 Å². The van der Waals surface area contributed by atoms with Crippen LogP contribution in [0, 0.1) is 0 Å². The molecule has 0 unspecified atom stereocenters. The summed E-state index contributed by atoms with van der Waals surface area (Å²) in [4.78, 5) is 22.3. The molecule has 0 atom stereocenters. The van der Waals surface area contributed by atoms with Crippen LogP contribution in [0.1, 0.15) is 16.7 Å². The fourth-order valence-corrected chi connectivity index (χ4v) is 3.92. The van der Waals surface area contributed by atoms with Crippen molar-refractivity contribution in [2.45, 2.75) is 13.0 Å². The van der Waals surface area contributed by atoms with Gasteiger partial charge in [-0.05, 0) is 60.1 Å². The minimum absolute atomic E-state index is 0.0189. The molecule has 188 valence electrons. The molecule has 1 aliphatic heterocycles. The Morgan fingerprint density at radius 1 is 0.833 bits per heavy atom. The predicted octanol–water partition coefficient (Wildman–Crippen LogP) is 4.01. The maximum absolute atomic E-state index is 12.5. The summed E-state index contributed by atoms with van der Waals surface area (Å²) in [5.41, 5.74) is 3.90. The average Bonchev–Trinajstić information content (AvgIpc) is 2.93. The van der Waals surface area contributed by atoms with E-state index in [4.69, 9.17) is 14.3 Å². The maximum Gasteiger partial charge on any atom is 0.260 e. The molecule has 0 radical (unpaired) electrons. The molecule has 1 fully saturated rings. The number of nitrogens with zero attached hydrogens (tertiary/aromatic N) is 3. The standard InChI is InChI=1S/C29H33N3O4/c1-31-16-18-32(19-17-31)29(33)22-35-27-14-10-25(11-15-27)28(20-23-6-4-3-5-7-23)30-36-21-24-8-12-26(34-2)13-9-24/h3-15H,16-22H2,1-2H3/b30-28-. The van der Waals surface area contributed by atoms with Crippen molar-refractivity contribution in [1.82, 2.24) is 9.80 Å². The second-order valence-corrected chi connectivity index (χ2v) is 8.82. The average molecular weight is 488 g/mol. The Hall–Kier alpha value is -3.84. The fraction of sp³-hybridized carbons (Fsp3) is 0.310. The van der Waals surface area contributed by atoms with E-state index in [9.17, 15) is 4.79 Å². The second kappa shape index (κ2) is 12.7. The van der Waals surface area contributed by atoms with E-state index in [1.807, 2.05) is 71.6 Å². The first-order valence-corrected chi connectivity index (χ1v) is 12.2. The van der Waals surface area contributed by atoms with Crippen LogP contribution in [-0.4, -0.2) is 68.4 Å². The van der Waals surface area contributed by atoms with Gasteiger partial charge in [-0.3, -0.25) is 4.79 Å². The topological polar surface area (TPSA) is 63.6 Å². The third kappa shape index (κ3) is 7.33. The Morgan fingerprint density at radius 2 is 1.50 bits per heavy atom. The lowest BCUT2D eigenvalue weighted by molar-refractivity contribution is -0.134. The zero-order chi connectivity index (χ0) is 25.2. The van der Waals surface area contributed by atoms with Crippen LogP contribution in [0.5, 0.6) is 11.5 Å². The number of rotatable bonds is 10. The van der Waals surface area contributed by atoms with Gasteiger partial charge in [0, 0.05) is 32.6 Å². The van der Waals surface area contributed by atoms with Crippen molar-refractivity contribution in [3.05, 3.63) is 95.6 Å². The first-order chi connectivity index (χ1) is 17.6. The lowest BCUT2D eigenvalue weighted by Gasteiger charge is -2.32. The zero-order valence-corrected chi connectivity index (χ0v) is 20.9. The van der Waals surface area contributed by atoms with Crippen molar-refractivity contribution in [1.29, 1.82) is 0 Å². The van der Waals surface area contributed by atoms with E-state index < -0.39 is 0 Å². The largest absolute Gasteiger partial charge is 0.497 e. The van der Waals surface area contributed by atoms with Crippen molar-refractivity contribution < 1.29 is 19.1 Å². The minimum Gasteiger partial charge on any atom is -0.497 e. The zero-order valence-electron chi connectivity index (χ0n) is 20.9. The molecule has 0 aliphatic carbocycles. The molecule has 1 aliphatic rings. The summed E-state index contributed by atoms with van der Waals surface area (Å²) in [7, 11) is 3.72. The number of piperazine rings is 1. The van der Waals surface area contributed by atoms with Crippen LogP contribution in [0.15, 0.2) is 84.0 Å². The number of carbonyl (C=O) groups is 1. The quantitative estimate of drug-likeness (QED) is 0.319. The number of amides is 1. The molecule has 1 heterocycles. The number of benzene rings is 3. The lowest BCUT2D eigenvalue weighted by atomic mass is 10.0. The maximum atomic E-state index is 12.5. The molecule has 1 amide bonds. The summed E-state index contributed by atoms with van der Waals surface area (Å²) in [5.74, 6) is 1.48. The van der Waals surface area contributed by atoms with Gasteiger partial charge in [0.25, 0.3) is 5.91 Å². The van der Waals surface area contributed by atoms with E-state index in [-0.39, 0.29) is 12.5 Å². The molecule has 7 heteroatoms. The molecular weight excluding hydrogens is 454 g/mol. The number of likely N-dealkylation sites (N-methyl/N-ethyl adjacent to an activating group) is 1. The normalized spacial score (nSPS) is 14.4. The highest BCUT2D eigenvalue weighted by Crippen LogP contribution is 2.17. The van der Waals surface area contributed by atoms with Crippen molar-refractivity contribution in [3.63, 3.8) is 0 Å². The van der Waals surface area contributed by atoms with Crippen LogP contribution in [0.25, 0.3) is 0 Å². The Bertz CT molecular complexity index is 1120. The van der Waals surface area contributed by atoms with E-state index in [2.05, 4.69) is 29.2 Å². The van der Waals surface area contributed by atoms with Crippen molar-refractivity contribution in [2.75, 3.05) is 46.9 Å². The van der Waals surface area contributed by atoms with Crippen LogP contribution in [0.4, 0.5) is 0 Å². The number of oxime groups is 1. The van der Waals surface area contributed by atoms with Gasteiger partial charge in [0.15, 0.2) is 6.61 Å². The van der Waals surface area contributed by atoms with Crippen molar-refractivity contribution in [3.8, 4) is 11.5 Å². The highest BCUT2D eigenvalue weighted by atomic mass is 16.6. The van der Waals surface area contributed by atoms with Crippen LogP contribution in [-0.2, 0) is 22.7 Å². The smallest absolute Gasteiger partial charge is 0.260 e. The molecule has 0 bridgehead atoms. The predicted molar refractivity (Wildman–Crippen MR) is 140 cm³/mol. The van der Waals surface area contributed by atoms with Crippen molar-refractivity contribution in [2.24, 2.45) is 5.16 Å². The Morgan fingerprint density at radius 3 is 2.17 bits per heavy atom. The summed E-state index contributed by atoms with van der Waals surface area (Å²) >= 11 is 0. The molecule has 7 nitrogen and oxygen atoms in total. The Kier molecular flexibility index (Phi) is 8.94. The summed E-state index contributed by atoms with van der Waals surface area (Å²) in [5, 5.41) is 4.48. The molecular formula is C29H33N3O4. The van der Waals surface area contributed by atoms with Crippen LogP contribution >= 0.6 is 0 Å². The summed E-state index contributed by atoms with van der Waals surface area (Å²) in [6.07, 6.45) is 0.631. The Balaban J connectivity index is 1.39. The van der Waals surface area contributed by atoms with Gasteiger partial charge in [0.2, 0.25) is 0 Å². The molecule has 36 heavy (non-hydrogen) atoms. The highest BCUT2D eigenvalue weighted by molar-refractivity contribution is 6.01. The molecule has 3 aromatic carbocycles. The molecule has 0 aromatic heterocycles. The van der Waals surface area contributed by atoms with Crippen LogP contribution in [0.3, 0.4) is 0 Å². The third-order valence-electron chi connectivity index (χ3n) is 6.19. The van der Waals surface area contributed by atoms with E-state index in [0.29, 0.717) is 18.8 Å². The van der Waals surface area contributed by atoms with E-state index in [1.54, 1.807) is 7.11 Å². The van der Waals surface area contributed by atoms with Gasteiger partial charge in [-0.1, -0.05) is 47.6 Å². The molecule has 3 aromatic rings. The monoisotopic (exact) mass is 487 g/mol. The fourth-order valence-electron chi connectivity index (χ4n) is 3.92. The molecule has 0 saturated carbocycles. The van der Waals surface area contributed by atoms with Crippen molar-refractivity contribution >= 4 is 11.6 Å². The molecule has 4 rings (SSSR count). The SMILES string of the molecule is COc1ccc(CO/N=C(/Cc2ccccc2)c2ccc(OCC(=O)N3CCN(C)CC3)cc2)cc1. The summed E-state index contributed by atoms with van der Waals surface area (Å²) in [6.45, 7) is 3.67. The highest BCUT2D eigenvalue weighted by Gasteiger charge is 2.19. The van der Waals surface area contributed by atoms with E-state index in [1.165, 1.54) is 0 Å². The van der Waals surface area contributed by atoms with Crippen LogP contribution < -0.4 is 9.47 Å². The van der Waals surface area contributed by atoms with Gasteiger partial charge >= 0.3 is 0 Å². The molecule has 0 spiro atoms. The van der Waals surface area contributed by atoms with Gasteiger partial charge in [-0.2, -0.15) is 0 Å². The summed E-state index contributed by atoms with van der Waals surface area (Å²) in [6, 6.07) is 25.5. The number of methoxy groups -OCH3 is 1. The Labute approximate surface area is 212 Å². The number of carbonyl (C=O) groups excluding carboxylic acids is 1. The molecule has 0 N–H and O–H groups in total. The lowest BCUT2D eigenvalue weighted by Crippen LogP contribution is -2.48. The first kappa shape index (κ1) is 25.3. The minimum atomic E-state index is 0.0189. The summed E-state index contributed by atoms with van der Waals surface area (Å²) < 4.78 is 11.0. The number of hydrogen-bond donors (Lipinski definition) is 0. The van der Waals surface area contributed by atoms with Gasteiger partial charge < -0.3 is 24.1 Å².